The number of carbonyl (C=O) groups excluding carboxylic acids is 2. The minimum absolute atomic E-state index is 0.0384. The van der Waals surface area contributed by atoms with Crippen LogP contribution < -0.4 is 4.89 Å². The van der Waals surface area contributed by atoms with Gasteiger partial charge in [0, 0.05) is 12.8 Å². The van der Waals surface area contributed by atoms with Crippen LogP contribution in [0.1, 0.15) is 194 Å². The van der Waals surface area contributed by atoms with Gasteiger partial charge in [0.25, 0.3) is 7.82 Å². The molecule has 0 aromatic rings. The number of hydrogen-bond acceptors (Lipinski definition) is 8. The maximum atomic E-state index is 12.7. The van der Waals surface area contributed by atoms with E-state index in [-0.39, 0.29) is 26.1 Å². The Hall–Kier alpha value is -2.29. The molecule has 0 aliphatic carbocycles. The molecule has 0 radical (unpaired) electrons. The van der Waals surface area contributed by atoms with E-state index in [2.05, 4.69) is 74.6 Å². The summed E-state index contributed by atoms with van der Waals surface area (Å²) >= 11 is 0. The fourth-order valence-electron chi connectivity index (χ4n) is 6.22. The molecule has 10 heteroatoms. The van der Waals surface area contributed by atoms with E-state index in [1.54, 1.807) is 0 Å². The summed E-state index contributed by atoms with van der Waals surface area (Å²) < 4.78 is 34.0. The second-order valence-electron chi connectivity index (χ2n) is 17.1. The van der Waals surface area contributed by atoms with E-state index in [1.165, 1.54) is 83.5 Å². The standard InChI is InChI=1S/C50H90NO8P/c1-6-8-10-12-14-16-18-20-22-24-25-27-28-30-32-34-36-38-40-42-49(52)56-46-48(47-58-60(54,55)57-45-44-51(3,4)5)59-50(53)43-41-39-37-35-33-31-29-26-23-21-19-17-15-13-11-9-7-2/h14-17,20-23,29,31,48H,6-13,18-19,24-28,30,32-47H2,1-5H3/b16-14+,17-15+,22-20+,23-21+,31-29+/t48-/m1/s1. The number of likely N-dealkylation sites (N-methyl/N-ethyl adjacent to an activating group) is 1. The number of carbonyl (C=O) groups is 2. The van der Waals surface area contributed by atoms with Crippen LogP contribution in [0.25, 0.3) is 0 Å². The van der Waals surface area contributed by atoms with Crippen molar-refractivity contribution in [2.24, 2.45) is 0 Å². The third kappa shape index (κ3) is 45.2. The zero-order valence-electron chi connectivity index (χ0n) is 39.1. The van der Waals surface area contributed by atoms with Crippen molar-refractivity contribution in [3.05, 3.63) is 60.8 Å². The molecule has 0 saturated carbocycles. The number of unbranched alkanes of at least 4 members (excludes halogenated alkanes) is 19. The average Bonchev–Trinajstić information content (AvgIpc) is 3.20. The Labute approximate surface area is 368 Å². The fraction of sp³-hybridized carbons (Fsp3) is 0.760. The number of hydrogen-bond donors (Lipinski definition) is 0. The van der Waals surface area contributed by atoms with Crippen molar-refractivity contribution in [3.8, 4) is 0 Å². The maximum absolute atomic E-state index is 12.7. The molecule has 1 unspecified atom stereocenters. The molecule has 0 aromatic carbocycles. The smallest absolute Gasteiger partial charge is 0.306 e. The summed E-state index contributed by atoms with van der Waals surface area (Å²) in [5, 5.41) is 0. The first-order valence-electron chi connectivity index (χ1n) is 24.0. The van der Waals surface area contributed by atoms with Crippen LogP contribution in [-0.2, 0) is 32.7 Å². The number of phosphoric acid groups is 1. The van der Waals surface area contributed by atoms with Gasteiger partial charge in [0.1, 0.15) is 19.8 Å². The maximum Gasteiger partial charge on any atom is 0.306 e. The van der Waals surface area contributed by atoms with Crippen LogP contribution in [-0.4, -0.2) is 70.0 Å². The number of quaternary nitrogens is 1. The lowest BCUT2D eigenvalue weighted by molar-refractivity contribution is -0.870. The van der Waals surface area contributed by atoms with Gasteiger partial charge in [-0.25, -0.2) is 0 Å². The summed E-state index contributed by atoms with van der Waals surface area (Å²) in [6, 6.07) is 0. The Balaban J connectivity index is 4.35. The van der Waals surface area contributed by atoms with Crippen molar-refractivity contribution in [1.29, 1.82) is 0 Å². The minimum Gasteiger partial charge on any atom is -0.756 e. The average molecular weight is 864 g/mol. The highest BCUT2D eigenvalue weighted by Gasteiger charge is 2.21. The predicted molar refractivity (Wildman–Crippen MR) is 250 cm³/mol. The second kappa shape index (κ2) is 42.0. The first-order valence-corrected chi connectivity index (χ1v) is 25.5. The molecule has 60 heavy (non-hydrogen) atoms. The van der Waals surface area contributed by atoms with Crippen LogP contribution in [0.15, 0.2) is 60.8 Å². The number of ether oxygens (including phenoxy) is 2. The third-order valence-corrected chi connectivity index (χ3v) is 11.0. The Morgan fingerprint density at radius 2 is 0.900 bits per heavy atom. The molecule has 2 atom stereocenters. The van der Waals surface area contributed by atoms with Crippen molar-refractivity contribution in [2.45, 2.75) is 200 Å². The number of rotatable bonds is 43. The lowest BCUT2D eigenvalue weighted by Gasteiger charge is -2.28. The van der Waals surface area contributed by atoms with E-state index < -0.39 is 32.5 Å². The molecule has 348 valence electrons. The van der Waals surface area contributed by atoms with Gasteiger partial charge in [-0.15, -0.1) is 0 Å². The first-order chi connectivity index (χ1) is 29.0. The molecule has 0 aliphatic rings. The molecule has 0 aliphatic heterocycles. The third-order valence-electron chi connectivity index (χ3n) is 10.0. The normalized spacial score (nSPS) is 14.0. The van der Waals surface area contributed by atoms with Gasteiger partial charge in [0.05, 0.1) is 27.7 Å². The summed E-state index contributed by atoms with van der Waals surface area (Å²) in [5.41, 5.74) is 0. The zero-order chi connectivity index (χ0) is 44.3. The molecule has 0 fully saturated rings. The Morgan fingerprint density at radius 3 is 1.33 bits per heavy atom. The second-order valence-corrected chi connectivity index (χ2v) is 18.5. The van der Waals surface area contributed by atoms with E-state index in [4.69, 9.17) is 18.5 Å². The highest BCUT2D eigenvalue weighted by molar-refractivity contribution is 7.45. The van der Waals surface area contributed by atoms with Crippen molar-refractivity contribution < 1.29 is 42.1 Å². The monoisotopic (exact) mass is 864 g/mol. The van der Waals surface area contributed by atoms with Crippen molar-refractivity contribution in [1.82, 2.24) is 0 Å². The molecule has 0 spiro atoms. The minimum atomic E-state index is -4.64. The molecule has 0 bridgehead atoms. The molecule has 9 nitrogen and oxygen atoms in total. The largest absolute Gasteiger partial charge is 0.756 e. The van der Waals surface area contributed by atoms with E-state index in [0.717, 1.165) is 77.0 Å². The Bertz CT molecular complexity index is 1210. The topological polar surface area (TPSA) is 111 Å². The number of nitrogens with zero attached hydrogens (tertiary/aromatic N) is 1. The molecule has 0 saturated heterocycles. The molecule has 0 heterocycles. The van der Waals surface area contributed by atoms with E-state index >= 15 is 0 Å². The highest BCUT2D eigenvalue weighted by atomic mass is 31.2. The van der Waals surface area contributed by atoms with Crippen LogP contribution in [0.3, 0.4) is 0 Å². The summed E-state index contributed by atoms with van der Waals surface area (Å²) in [5.74, 6) is -0.866. The van der Waals surface area contributed by atoms with Crippen molar-refractivity contribution in [2.75, 3.05) is 47.5 Å². The predicted octanol–water partition coefficient (Wildman–Crippen LogP) is 13.4. The van der Waals surface area contributed by atoms with Gasteiger partial charge in [-0.2, -0.15) is 0 Å². The number of esters is 2. The lowest BCUT2D eigenvalue weighted by atomic mass is 10.1. The lowest BCUT2D eigenvalue weighted by Crippen LogP contribution is -2.37. The van der Waals surface area contributed by atoms with Crippen molar-refractivity contribution >= 4 is 19.8 Å². The molecule has 0 N–H and O–H groups in total. The number of phosphoric ester groups is 1. The quantitative estimate of drug-likeness (QED) is 0.0196. The molecule has 0 rings (SSSR count). The van der Waals surface area contributed by atoms with Crippen LogP contribution in [0.5, 0.6) is 0 Å². The van der Waals surface area contributed by atoms with Gasteiger partial charge in [0.15, 0.2) is 6.10 Å². The molecular weight excluding hydrogens is 774 g/mol. The van der Waals surface area contributed by atoms with Crippen LogP contribution >= 0.6 is 7.82 Å². The van der Waals surface area contributed by atoms with E-state index in [1.807, 2.05) is 21.1 Å². The van der Waals surface area contributed by atoms with E-state index in [0.29, 0.717) is 17.4 Å². The van der Waals surface area contributed by atoms with Gasteiger partial charge in [-0.3, -0.25) is 14.2 Å². The van der Waals surface area contributed by atoms with Gasteiger partial charge in [-0.1, -0.05) is 158 Å². The Morgan fingerprint density at radius 1 is 0.517 bits per heavy atom. The van der Waals surface area contributed by atoms with Crippen LogP contribution in [0, 0.1) is 0 Å². The molecule has 0 aromatic heterocycles. The van der Waals surface area contributed by atoms with Crippen LogP contribution in [0.4, 0.5) is 0 Å². The van der Waals surface area contributed by atoms with Gasteiger partial charge in [0.2, 0.25) is 0 Å². The van der Waals surface area contributed by atoms with Crippen molar-refractivity contribution in [3.63, 3.8) is 0 Å². The van der Waals surface area contributed by atoms with Gasteiger partial charge >= 0.3 is 11.9 Å². The Kier molecular flexibility index (Phi) is 40.4. The summed E-state index contributed by atoms with van der Waals surface area (Å²) in [7, 11) is 1.14. The summed E-state index contributed by atoms with van der Waals surface area (Å²) in [6.45, 7) is 4.14. The molecule has 0 amide bonds. The first kappa shape index (κ1) is 57.7. The number of allylic oxidation sites excluding steroid dienone is 10. The zero-order valence-corrected chi connectivity index (χ0v) is 40.0. The van der Waals surface area contributed by atoms with E-state index in [9.17, 15) is 19.0 Å². The molecular formula is C50H90NO8P. The van der Waals surface area contributed by atoms with Gasteiger partial charge < -0.3 is 27.9 Å². The van der Waals surface area contributed by atoms with Crippen LogP contribution in [0.2, 0.25) is 0 Å². The highest BCUT2D eigenvalue weighted by Crippen LogP contribution is 2.38. The van der Waals surface area contributed by atoms with Gasteiger partial charge in [-0.05, 0) is 83.5 Å². The summed E-state index contributed by atoms with van der Waals surface area (Å²) in [6.07, 6.45) is 51.0. The SMILES string of the molecule is CCCCC/C=C/C/C=C/C/C=C/CCCCCCC(=O)O[C@H](COC(=O)CCCCCCCCCCC/C=C/C/C=C/CCCCC)COP(=O)([O-])OCC[N+](C)(C)C. The fourth-order valence-corrected chi connectivity index (χ4v) is 6.95. The summed E-state index contributed by atoms with van der Waals surface area (Å²) in [4.78, 5) is 37.6.